The number of halogens is 3. The third-order valence-corrected chi connectivity index (χ3v) is 15.1. The monoisotopic (exact) mass is 1980 g/mol. The molecule has 0 fully saturated rings. The summed E-state index contributed by atoms with van der Waals surface area (Å²) >= 11 is 0. The molecule has 0 spiro atoms. The Morgan fingerprint density at radius 3 is 0.986 bits per heavy atom. The van der Waals surface area contributed by atoms with Crippen molar-refractivity contribution in [1.82, 2.24) is 0 Å². The summed E-state index contributed by atoms with van der Waals surface area (Å²) in [6, 6.07) is 70.3. The number of anilines is 1. The third kappa shape index (κ3) is 62.4. The lowest BCUT2D eigenvalue weighted by atomic mass is 10.0. The van der Waals surface area contributed by atoms with E-state index < -0.39 is 28.6 Å². The van der Waals surface area contributed by atoms with Crippen LogP contribution in [-0.4, -0.2) is 25.3 Å². The third-order valence-electron chi connectivity index (χ3n) is 15.1. The maximum Gasteiger partial charge on any atom is 0.417 e. The lowest BCUT2D eigenvalue weighted by Crippen LogP contribution is -2.21. The lowest BCUT2D eigenvalue weighted by Gasteiger charge is -2.21. The number of phenolic OH excluding ortho intramolecular Hbond substituents is 1. The summed E-state index contributed by atoms with van der Waals surface area (Å²) in [5.41, 5.74) is 6.69. The minimum absolute atomic E-state index is 0.0580. The van der Waals surface area contributed by atoms with Crippen LogP contribution in [0.5, 0.6) is 11.5 Å². The van der Waals surface area contributed by atoms with Crippen LogP contribution in [0, 0.1) is 68.5 Å². The first kappa shape index (κ1) is 128. The van der Waals surface area contributed by atoms with Crippen LogP contribution < -0.4 is 54.6 Å². The highest BCUT2D eigenvalue weighted by atomic mass is 19.4. The Labute approximate surface area is 848 Å². The first-order valence-electron chi connectivity index (χ1n) is 47.6. The Kier molecular flexibility index (Phi) is 52.7. The molecular formula is C121H157F3N2O18. The molecule has 0 bridgehead atoms. The maximum absolute atomic E-state index is 12.5. The van der Waals surface area contributed by atoms with Crippen molar-refractivity contribution in [2.45, 2.75) is 255 Å². The Hall–Kier alpha value is -13.9. The predicted octanol–water partition coefficient (Wildman–Crippen LogP) is 32.8. The van der Waals surface area contributed by atoms with Gasteiger partial charge in [0.1, 0.15) is 62.2 Å². The molecule has 0 radical (unpaired) electrons. The summed E-state index contributed by atoms with van der Waals surface area (Å²) in [6.45, 7) is 79.8. The van der Waals surface area contributed by atoms with Crippen molar-refractivity contribution in [3.63, 3.8) is 0 Å². The standard InChI is InChI=1S/C13H15NO2.C10H5F3O2.C10H5NO2.C10H8O3.2C10H8O2.C9H6O3.C9H6O2.8C5H12/c1-3-14(4-2)11-6-7-12-10(9-11)5-8-13(15)16-12;11-10(12,13)7-5-9(14)15-8-4-2-1-3-6(7)8;11-6-7-5-10(12)13-9-4-2-1-3-8(7)9;1-12-8-4-2-7-3-5-10(11)13-9(7)6-8;1-7-6-10(11)12-9-5-3-2-4-8(7)9;1-7-6-8-4-2-3-5-9(8)12-10(7)11;10-7-3-1-6-2-4-9(11)12-8(6)5-7;10-9-6-5-7-3-1-2-4-8(7)11-9;8*1-5(2,3)4/h5-9H,3-4H2,1-2H3;1-5H;1-5H;2-6H,1H3;2*2-6H,1H3;1-5,10H;1-6H;8*1-4H3. The van der Waals surface area contributed by atoms with E-state index in [0.29, 0.717) is 111 Å². The van der Waals surface area contributed by atoms with Gasteiger partial charge in [-0.2, -0.15) is 18.4 Å². The number of ether oxygens (including phenoxy) is 1. The lowest BCUT2D eigenvalue weighted by molar-refractivity contribution is -0.136. The average Bonchev–Trinajstić information content (AvgIpc) is 0.787. The van der Waals surface area contributed by atoms with Gasteiger partial charge in [-0.15, -0.1) is 0 Å². The fourth-order valence-electron chi connectivity index (χ4n) is 10.1. The van der Waals surface area contributed by atoms with Crippen LogP contribution in [0.2, 0.25) is 0 Å². The Bertz CT molecular complexity index is 6970. The average molecular weight is 1980 g/mol. The number of aromatic hydroxyl groups is 1. The largest absolute Gasteiger partial charge is 0.508 e. The summed E-state index contributed by atoms with van der Waals surface area (Å²) in [5, 5.41) is 23.9. The molecule has 8 heterocycles. The van der Waals surface area contributed by atoms with E-state index in [4.69, 9.17) is 46.0 Å². The SMILES string of the molecule is CC(C)(C)C.CC(C)(C)C.CC(C)(C)C.CC(C)(C)C.CC(C)(C)C.CC(C)(C)C.CC(C)(C)C.CC(C)(C)C.CCN(CC)c1ccc2oc(=O)ccc2c1.COc1ccc2ccc(=O)oc2c1.Cc1cc(=O)oc2ccccc12.Cc1cc2ccccc2oc1=O.N#Cc1cc(=O)oc2ccccc12.O=c1cc(C(F)(F)F)c2ccccc2o1.O=c1ccc2ccc(O)cc2o1.O=c1ccc2ccccc2o1. The van der Waals surface area contributed by atoms with Gasteiger partial charge in [-0.3, -0.25) is 0 Å². The van der Waals surface area contributed by atoms with Crippen LogP contribution in [0.15, 0.2) is 322 Å². The second-order valence-corrected chi connectivity index (χ2v) is 46.1. The Morgan fingerprint density at radius 2 is 0.583 bits per heavy atom. The number of methoxy groups -OCH3 is 1. The van der Waals surface area contributed by atoms with Crippen molar-refractivity contribution in [1.29, 1.82) is 5.26 Å². The smallest absolute Gasteiger partial charge is 0.417 e. The van der Waals surface area contributed by atoms with Gasteiger partial charge in [0.05, 0.1) is 18.2 Å². The van der Waals surface area contributed by atoms with E-state index in [2.05, 4.69) is 245 Å². The molecule has 0 aliphatic rings. The van der Waals surface area contributed by atoms with Crippen LogP contribution in [-0.2, 0) is 6.18 Å². The van der Waals surface area contributed by atoms with E-state index in [-0.39, 0.29) is 44.8 Å². The zero-order valence-electron chi connectivity index (χ0n) is 92.0. The van der Waals surface area contributed by atoms with Gasteiger partial charge in [0.2, 0.25) is 0 Å². The molecule has 0 aliphatic heterocycles. The number of benzene rings is 8. The van der Waals surface area contributed by atoms with Gasteiger partial charge >= 0.3 is 51.2 Å². The molecule has 144 heavy (non-hydrogen) atoms. The van der Waals surface area contributed by atoms with Gasteiger partial charge in [-0.1, -0.05) is 306 Å². The van der Waals surface area contributed by atoms with Crippen molar-refractivity contribution in [2.75, 3.05) is 25.1 Å². The zero-order valence-corrected chi connectivity index (χ0v) is 92.0. The van der Waals surface area contributed by atoms with Gasteiger partial charge in [-0.05, 0) is 186 Å². The van der Waals surface area contributed by atoms with E-state index in [1.165, 1.54) is 66.7 Å². The molecule has 0 atom stereocenters. The van der Waals surface area contributed by atoms with E-state index in [0.717, 1.165) is 56.7 Å². The minimum atomic E-state index is -4.55. The summed E-state index contributed by atoms with van der Waals surface area (Å²) in [7, 11) is 1.57. The summed E-state index contributed by atoms with van der Waals surface area (Å²) < 4.78 is 81.9. The van der Waals surface area contributed by atoms with Crippen LogP contribution in [0.1, 0.15) is 258 Å². The second kappa shape index (κ2) is 59.3. The fourth-order valence-corrected chi connectivity index (χ4v) is 10.1. The van der Waals surface area contributed by atoms with Crippen molar-refractivity contribution in [3.8, 4) is 17.6 Å². The zero-order chi connectivity index (χ0) is 110. The molecule has 1 N–H and O–H groups in total. The number of para-hydroxylation sites is 5. The maximum atomic E-state index is 12.5. The normalized spacial score (nSPS) is 10.9. The van der Waals surface area contributed by atoms with Crippen LogP contribution >= 0.6 is 0 Å². The minimum Gasteiger partial charge on any atom is -0.508 e. The van der Waals surface area contributed by atoms with Crippen LogP contribution in [0.4, 0.5) is 18.9 Å². The van der Waals surface area contributed by atoms with E-state index in [1.807, 2.05) is 104 Å². The van der Waals surface area contributed by atoms with Crippen LogP contribution in [0.3, 0.4) is 0 Å². The number of phenols is 1. The molecule has 16 aromatic rings. The molecule has 780 valence electrons. The highest BCUT2D eigenvalue weighted by molar-refractivity contribution is 5.85. The fraction of sp³-hybridized carbons (Fsp3) is 0.397. The van der Waals surface area contributed by atoms with Crippen molar-refractivity contribution < 1.29 is 58.4 Å². The molecule has 0 aliphatic carbocycles. The molecule has 0 saturated heterocycles. The number of rotatable bonds is 4. The quantitative estimate of drug-likeness (QED) is 0.160. The highest BCUT2D eigenvalue weighted by Crippen LogP contribution is 2.34. The number of nitriles is 1. The number of hydrogen-bond donors (Lipinski definition) is 1. The van der Waals surface area contributed by atoms with Crippen molar-refractivity contribution >= 4 is 93.4 Å². The van der Waals surface area contributed by atoms with E-state index >= 15 is 0 Å². The van der Waals surface area contributed by atoms with Gasteiger partial charge in [0.15, 0.2) is 0 Å². The van der Waals surface area contributed by atoms with Crippen molar-refractivity contribution in [2.24, 2.45) is 43.3 Å². The number of fused-ring (bicyclic) bond motifs is 8. The van der Waals surface area contributed by atoms with Gasteiger partial charge in [0, 0.05) is 122 Å². The Balaban J connectivity index is 0.000000782. The Morgan fingerprint density at radius 1 is 0.292 bits per heavy atom. The molecule has 0 unspecified atom stereocenters. The summed E-state index contributed by atoms with van der Waals surface area (Å²) in [4.78, 5) is 89.5. The van der Waals surface area contributed by atoms with Gasteiger partial charge in [-0.25, -0.2) is 38.4 Å². The molecule has 8 aromatic carbocycles. The molecule has 0 saturated carbocycles. The molecule has 16 rings (SSSR count). The first-order valence-corrected chi connectivity index (χ1v) is 47.6. The molecule has 0 amide bonds. The topological polar surface area (TPSA) is 298 Å². The van der Waals surface area contributed by atoms with E-state index in [1.54, 1.807) is 99.0 Å². The number of alkyl halides is 3. The number of hydrogen-bond acceptors (Lipinski definition) is 20. The molecule has 8 aromatic heterocycles. The number of nitrogens with zero attached hydrogens (tertiary/aromatic N) is 2. The number of aryl methyl sites for hydroxylation is 2. The van der Waals surface area contributed by atoms with E-state index in [9.17, 15) is 51.5 Å². The predicted molar refractivity (Wildman–Crippen MR) is 592 cm³/mol. The van der Waals surface area contributed by atoms with Crippen LogP contribution in [0.25, 0.3) is 87.8 Å². The molecule has 23 heteroatoms. The summed E-state index contributed by atoms with van der Waals surface area (Å²) in [6.07, 6.45) is -4.55. The highest BCUT2D eigenvalue weighted by Gasteiger charge is 2.33. The summed E-state index contributed by atoms with van der Waals surface area (Å²) in [5.74, 6) is 0.777. The second-order valence-electron chi connectivity index (χ2n) is 46.1. The molecule has 20 nitrogen and oxygen atoms in total. The van der Waals surface area contributed by atoms with Gasteiger partial charge < -0.3 is 50.1 Å². The first-order chi connectivity index (χ1) is 66.0. The molecular weight excluding hydrogens is 1830 g/mol. The van der Waals surface area contributed by atoms with Gasteiger partial charge in [0.25, 0.3) is 0 Å². The van der Waals surface area contributed by atoms with Crippen molar-refractivity contribution in [3.05, 3.63) is 354 Å².